The van der Waals surface area contributed by atoms with Gasteiger partial charge in [0, 0.05) is 17.7 Å². The maximum atomic E-state index is 11.8. The predicted octanol–water partition coefficient (Wildman–Crippen LogP) is 1.74. The van der Waals surface area contributed by atoms with Crippen LogP contribution in [0, 0.1) is 11.8 Å². The normalized spacial score (nSPS) is 36.3. The summed E-state index contributed by atoms with van der Waals surface area (Å²) in [6, 6.07) is 0.119. The van der Waals surface area contributed by atoms with Gasteiger partial charge in [-0.3, -0.25) is 14.5 Å². The van der Waals surface area contributed by atoms with Gasteiger partial charge in [-0.15, -0.1) is 0 Å². The first-order valence-electron chi connectivity index (χ1n) is 5.58. The highest BCUT2D eigenvalue weighted by molar-refractivity contribution is 6.16. The maximum absolute atomic E-state index is 11.8. The van der Waals surface area contributed by atoms with Crippen molar-refractivity contribution in [1.29, 1.82) is 0 Å². The van der Waals surface area contributed by atoms with Crippen LogP contribution in [-0.2, 0) is 9.59 Å². The molecule has 0 bridgehead atoms. The zero-order chi connectivity index (χ0) is 11.2. The van der Waals surface area contributed by atoms with Crippen molar-refractivity contribution >= 4 is 11.8 Å². The van der Waals surface area contributed by atoms with Gasteiger partial charge < -0.3 is 0 Å². The zero-order valence-electron chi connectivity index (χ0n) is 9.49. The van der Waals surface area contributed by atoms with Gasteiger partial charge in [-0.1, -0.05) is 13.8 Å². The third-order valence-electron chi connectivity index (χ3n) is 3.89. The molecule has 82 valence electrons. The first-order chi connectivity index (χ1) is 7.02. The van der Waals surface area contributed by atoms with Gasteiger partial charge in [-0.25, -0.2) is 0 Å². The minimum Gasteiger partial charge on any atom is -0.272 e. The molecule has 1 aliphatic carbocycles. The molecular formula is C12H17NO2. The number of hydrogen-bond donors (Lipinski definition) is 0. The Balaban J connectivity index is 2.20. The van der Waals surface area contributed by atoms with E-state index in [4.69, 9.17) is 0 Å². The topological polar surface area (TPSA) is 37.4 Å². The first kappa shape index (κ1) is 10.4. The Morgan fingerprint density at radius 1 is 1.27 bits per heavy atom. The Morgan fingerprint density at radius 3 is 2.33 bits per heavy atom. The van der Waals surface area contributed by atoms with Crippen LogP contribution in [0.15, 0.2) is 11.6 Å². The Labute approximate surface area is 90.1 Å². The monoisotopic (exact) mass is 207 g/mol. The molecule has 0 N–H and O–H groups in total. The smallest absolute Gasteiger partial charge is 0.256 e. The molecule has 2 amide bonds. The molecule has 1 saturated carbocycles. The van der Waals surface area contributed by atoms with Gasteiger partial charge in [0.15, 0.2) is 0 Å². The Bertz CT molecular complexity index is 346. The van der Waals surface area contributed by atoms with Crippen molar-refractivity contribution in [3.8, 4) is 0 Å². The summed E-state index contributed by atoms with van der Waals surface area (Å²) in [5.41, 5.74) is 0.576. The van der Waals surface area contributed by atoms with Gasteiger partial charge in [0.05, 0.1) is 0 Å². The van der Waals surface area contributed by atoms with Crippen LogP contribution >= 0.6 is 0 Å². The summed E-state index contributed by atoms with van der Waals surface area (Å²) < 4.78 is 0. The van der Waals surface area contributed by atoms with E-state index in [1.54, 1.807) is 6.92 Å². The summed E-state index contributed by atoms with van der Waals surface area (Å²) in [6.07, 6.45) is 3.53. The number of carbonyl (C=O) groups excluding carboxylic acids is 2. The van der Waals surface area contributed by atoms with Gasteiger partial charge in [0.25, 0.3) is 11.8 Å². The molecule has 0 saturated heterocycles. The Morgan fingerprint density at radius 2 is 1.93 bits per heavy atom. The number of nitrogens with zero attached hydrogens (tertiary/aromatic N) is 1. The Kier molecular flexibility index (Phi) is 2.41. The molecule has 3 unspecified atom stereocenters. The number of imide groups is 1. The second kappa shape index (κ2) is 3.47. The van der Waals surface area contributed by atoms with Crippen molar-refractivity contribution in [2.24, 2.45) is 11.8 Å². The number of amides is 2. The van der Waals surface area contributed by atoms with Crippen LogP contribution in [0.5, 0.6) is 0 Å². The molecule has 0 aromatic carbocycles. The third-order valence-corrected chi connectivity index (χ3v) is 3.89. The second-order valence-electron chi connectivity index (χ2n) is 4.82. The first-order valence-corrected chi connectivity index (χ1v) is 5.58. The van der Waals surface area contributed by atoms with Crippen LogP contribution in [0.3, 0.4) is 0 Å². The number of rotatable bonds is 1. The van der Waals surface area contributed by atoms with E-state index >= 15 is 0 Å². The van der Waals surface area contributed by atoms with Crippen LogP contribution in [-0.4, -0.2) is 22.8 Å². The van der Waals surface area contributed by atoms with E-state index in [-0.39, 0.29) is 17.9 Å². The van der Waals surface area contributed by atoms with Crippen LogP contribution in [0.1, 0.15) is 33.6 Å². The van der Waals surface area contributed by atoms with Crippen LogP contribution in [0.4, 0.5) is 0 Å². The highest BCUT2D eigenvalue weighted by Crippen LogP contribution is 2.36. The van der Waals surface area contributed by atoms with Crippen molar-refractivity contribution in [3.05, 3.63) is 11.6 Å². The van der Waals surface area contributed by atoms with Gasteiger partial charge in [0.2, 0.25) is 0 Å². The van der Waals surface area contributed by atoms with Crippen molar-refractivity contribution in [2.45, 2.75) is 39.7 Å². The fourth-order valence-corrected chi connectivity index (χ4v) is 2.62. The van der Waals surface area contributed by atoms with Gasteiger partial charge in [-0.2, -0.15) is 0 Å². The lowest BCUT2D eigenvalue weighted by Gasteiger charge is -2.27. The molecule has 0 aromatic heterocycles. The number of hydrogen-bond acceptors (Lipinski definition) is 2. The SMILES string of the molecule is CC1=CC(=O)N(C2CCC(C)C2C)C1=O. The van der Waals surface area contributed by atoms with Gasteiger partial charge in [-0.05, 0) is 31.6 Å². The number of carbonyl (C=O) groups is 2. The van der Waals surface area contributed by atoms with E-state index < -0.39 is 0 Å². The third kappa shape index (κ3) is 1.50. The van der Waals surface area contributed by atoms with Crippen molar-refractivity contribution in [2.75, 3.05) is 0 Å². The molecular weight excluding hydrogens is 190 g/mol. The lowest BCUT2D eigenvalue weighted by atomic mass is 9.97. The standard InChI is InChI=1S/C12H17NO2/c1-7-4-5-10(9(7)3)13-11(14)6-8(2)12(13)15/h6-7,9-10H,4-5H2,1-3H3. The predicted molar refractivity (Wildman–Crippen MR) is 57.0 cm³/mol. The summed E-state index contributed by atoms with van der Waals surface area (Å²) in [5, 5.41) is 0. The molecule has 1 heterocycles. The van der Waals surface area contributed by atoms with E-state index in [1.807, 2.05) is 0 Å². The fourth-order valence-electron chi connectivity index (χ4n) is 2.62. The van der Waals surface area contributed by atoms with E-state index in [2.05, 4.69) is 13.8 Å². The molecule has 3 heteroatoms. The molecule has 2 rings (SSSR count). The van der Waals surface area contributed by atoms with Crippen molar-refractivity contribution in [1.82, 2.24) is 4.90 Å². The van der Waals surface area contributed by atoms with Crippen LogP contribution < -0.4 is 0 Å². The van der Waals surface area contributed by atoms with E-state index in [0.29, 0.717) is 17.4 Å². The van der Waals surface area contributed by atoms with Gasteiger partial charge in [0.1, 0.15) is 0 Å². The van der Waals surface area contributed by atoms with Gasteiger partial charge >= 0.3 is 0 Å². The van der Waals surface area contributed by atoms with Crippen LogP contribution in [0.25, 0.3) is 0 Å². The van der Waals surface area contributed by atoms with E-state index in [1.165, 1.54) is 11.0 Å². The molecule has 2 aliphatic rings. The molecule has 3 atom stereocenters. The minimum absolute atomic E-state index is 0.0917. The van der Waals surface area contributed by atoms with Crippen molar-refractivity contribution in [3.63, 3.8) is 0 Å². The summed E-state index contributed by atoms with van der Waals surface area (Å²) >= 11 is 0. The fraction of sp³-hybridized carbons (Fsp3) is 0.667. The van der Waals surface area contributed by atoms with Crippen LogP contribution in [0.2, 0.25) is 0 Å². The molecule has 3 nitrogen and oxygen atoms in total. The Hall–Kier alpha value is -1.12. The van der Waals surface area contributed by atoms with E-state index in [9.17, 15) is 9.59 Å². The maximum Gasteiger partial charge on any atom is 0.256 e. The highest BCUT2D eigenvalue weighted by atomic mass is 16.2. The van der Waals surface area contributed by atoms with E-state index in [0.717, 1.165) is 12.8 Å². The highest BCUT2D eigenvalue weighted by Gasteiger charge is 2.41. The summed E-state index contributed by atoms with van der Waals surface area (Å²) in [6.45, 7) is 6.04. The largest absolute Gasteiger partial charge is 0.272 e. The molecule has 0 aromatic rings. The lowest BCUT2D eigenvalue weighted by molar-refractivity contribution is -0.140. The molecule has 1 fully saturated rings. The lowest BCUT2D eigenvalue weighted by Crippen LogP contribution is -2.42. The molecule has 1 aliphatic heterocycles. The molecule has 15 heavy (non-hydrogen) atoms. The quantitative estimate of drug-likeness (QED) is 0.614. The minimum atomic E-state index is -0.122. The molecule has 0 radical (unpaired) electrons. The second-order valence-corrected chi connectivity index (χ2v) is 4.82. The summed E-state index contributed by atoms with van der Waals surface area (Å²) in [5.74, 6) is 0.822. The molecule has 0 spiro atoms. The average Bonchev–Trinajstić information content (AvgIpc) is 2.60. The summed E-state index contributed by atoms with van der Waals surface area (Å²) in [4.78, 5) is 24.9. The zero-order valence-corrected chi connectivity index (χ0v) is 9.49. The average molecular weight is 207 g/mol. The van der Waals surface area contributed by atoms with Crippen molar-refractivity contribution < 1.29 is 9.59 Å². The summed E-state index contributed by atoms with van der Waals surface area (Å²) in [7, 11) is 0.